The van der Waals surface area contributed by atoms with E-state index in [1.807, 2.05) is 6.92 Å². The second-order valence-electron chi connectivity index (χ2n) is 8.36. The highest BCUT2D eigenvalue weighted by atomic mass is 35.5. The van der Waals surface area contributed by atoms with Gasteiger partial charge >= 0.3 is 5.69 Å². The number of nitrogens with one attached hydrogen (secondary N) is 1. The molecule has 1 atom stereocenters. The van der Waals surface area contributed by atoms with Gasteiger partial charge in [-0.2, -0.15) is 0 Å². The van der Waals surface area contributed by atoms with Gasteiger partial charge in [-0.05, 0) is 30.7 Å². The first-order valence-electron chi connectivity index (χ1n) is 11.3. The fourth-order valence-electron chi connectivity index (χ4n) is 4.20. The Labute approximate surface area is 205 Å². The first-order valence-corrected chi connectivity index (χ1v) is 11.7. The molecule has 1 unspecified atom stereocenters. The van der Waals surface area contributed by atoms with E-state index >= 15 is 0 Å². The number of aromatic amines is 1. The van der Waals surface area contributed by atoms with Gasteiger partial charge in [-0.1, -0.05) is 37.1 Å². The van der Waals surface area contributed by atoms with Gasteiger partial charge in [-0.15, -0.1) is 0 Å². The van der Waals surface area contributed by atoms with Crippen LogP contribution in [0.3, 0.4) is 0 Å². The van der Waals surface area contributed by atoms with Crippen LogP contribution in [0.4, 0.5) is 17.2 Å². The molecule has 1 aliphatic rings. The summed E-state index contributed by atoms with van der Waals surface area (Å²) in [4.78, 5) is 56.8. The average Bonchev–Trinajstić information content (AvgIpc) is 3.47. The number of benzene rings is 1. The van der Waals surface area contributed by atoms with Crippen LogP contribution in [-0.4, -0.2) is 27.9 Å². The molecule has 0 saturated carbocycles. The molecule has 4 rings (SSSR count). The number of aromatic nitrogens is 2. The summed E-state index contributed by atoms with van der Waals surface area (Å²) < 4.78 is 6.66. The number of anilines is 3. The number of H-pyrrole nitrogens is 1. The first-order chi connectivity index (χ1) is 16.8. The topological polar surface area (TPSA) is 135 Å². The van der Waals surface area contributed by atoms with Crippen LogP contribution in [0.25, 0.3) is 0 Å². The SMILES string of the molecule is CCCCn1c(N)c(N(Cc2ccco2)C(=O)C2CC(=O)N(c3ccccc3Cl)C2)c(=O)[nH]c1=O. The van der Waals surface area contributed by atoms with Crippen molar-refractivity contribution in [3.8, 4) is 0 Å². The molecule has 3 N–H and O–H groups in total. The van der Waals surface area contributed by atoms with Gasteiger partial charge in [0.2, 0.25) is 11.8 Å². The van der Waals surface area contributed by atoms with Crippen LogP contribution < -0.4 is 26.8 Å². The zero-order chi connectivity index (χ0) is 25.1. The van der Waals surface area contributed by atoms with Crippen molar-refractivity contribution in [2.75, 3.05) is 22.1 Å². The van der Waals surface area contributed by atoms with E-state index in [0.717, 1.165) is 6.42 Å². The summed E-state index contributed by atoms with van der Waals surface area (Å²) in [6.45, 7) is 2.24. The summed E-state index contributed by atoms with van der Waals surface area (Å²) in [7, 11) is 0. The average molecular weight is 500 g/mol. The Morgan fingerprint density at radius 2 is 2.00 bits per heavy atom. The number of rotatable bonds is 8. The van der Waals surface area contributed by atoms with Crippen molar-refractivity contribution in [1.29, 1.82) is 0 Å². The van der Waals surface area contributed by atoms with Gasteiger partial charge in [0.25, 0.3) is 5.56 Å². The molecular weight excluding hydrogens is 474 g/mol. The minimum absolute atomic E-state index is 0.0635. The number of nitrogens with two attached hydrogens (primary N) is 1. The third kappa shape index (κ3) is 4.88. The summed E-state index contributed by atoms with van der Waals surface area (Å²) in [6, 6.07) is 10.2. The van der Waals surface area contributed by atoms with Crippen molar-refractivity contribution >= 4 is 40.6 Å². The van der Waals surface area contributed by atoms with Crippen LogP contribution in [0.1, 0.15) is 31.9 Å². The molecule has 2 aromatic heterocycles. The number of nitrogen functional groups attached to an aromatic ring is 1. The first kappa shape index (κ1) is 24.3. The summed E-state index contributed by atoms with van der Waals surface area (Å²) in [5.74, 6) is -1.20. The van der Waals surface area contributed by atoms with Crippen LogP contribution in [0.2, 0.25) is 5.02 Å². The maximum absolute atomic E-state index is 13.8. The molecule has 0 aliphatic carbocycles. The Hall–Kier alpha value is -3.79. The van der Waals surface area contributed by atoms with E-state index in [0.29, 0.717) is 22.9 Å². The van der Waals surface area contributed by atoms with E-state index in [1.54, 1.807) is 36.4 Å². The van der Waals surface area contributed by atoms with Crippen LogP contribution >= 0.6 is 11.6 Å². The largest absolute Gasteiger partial charge is 0.467 e. The molecule has 10 nitrogen and oxygen atoms in total. The zero-order valence-corrected chi connectivity index (χ0v) is 20.0. The molecule has 1 aliphatic heterocycles. The molecule has 3 heterocycles. The molecule has 0 radical (unpaired) electrons. The van der Waals surface area contributed by atoms with E-state index in [1.165, 1.54) is 20.6 Å². The quantitative estimate of drug-likeness (QED) is 0.489. The molecule has 35 heavy (non-hydrogen) atoms. The van der Waals surface area contributed by atoms with E-state index in [2.05, 4.69) is 4.98 Å². The summed E-state index contributed by atoms with van der Waals surface area (Å²) >= 11 is 6.27. The van der Waals surface area contributed by atoms with Crippen molar-refractivity contribution in [1.82, 2.24) is 9.55 Å². The van der Waals surface area contributed by atoms with Crippen molar-refractivity contribution in [3.05, 3.63) is 74.3 Å². The molecule has 0 bridgehead atoms. The van der Waals surface area contributed by atoms with Crippen LogP contribution in [-0.2, 0) is 22.7 Å². The number of carbonyl (C=O) groups is 2. The molecular formula is C24H26ClN5O5. The lowest BCUT2D eigenvalue weighted by atomic mass is 10.1. The zero-order valence-electron chi connectivity index (χ0n) is 19.2. The lowest BCUT2D eigenvalue weighted by Gasteiger charge is -2.26. The lowest BCUT2D eigenvalue weighted by Crippen LogP contribution is -2.43. The van der Waals surface area contributed by atoms with Crippen molar-refractivity contribution < 1.29 is 14.0 Å². The van der Waals surface area contributed by atoms with Crippen molar-refractivity contribution in [3.63, 3.8) is 0 Å². The van der Waals surface area contributed by atoms with Gasteiger partial charge in [0.15, 0.2) is 5.69 Å². The highest BCUT2D eigenvalue weighted by Crippen LogP contribution is 2.33. The lowest BCUT2D eigenvalue weighted by molar-refractivity contribution is -0.124. The minimum atomic E-state index is -0.785. The maximum atomic E-state index is 13.8. The second-order valence-corrected chi connectivity index (χ2v) is 8.77. The van der Waals surface area contributed by atoms with Crippen LogP contribution in [0.15, 0.2) is 56.7 Å². The van der Waals surface area contributed by atoms with Gasteiger partial charge in [0, 0.05) is 19.5 Å². The second kappa shape index (κ2) is 10.2. The number of furan rings is 1. The fraction of sp³-hybridized carbons (Fsp3) is 0.333. The number of para-hydroxylation sites is 1. The van der Waals surface area contributed by atoms with E-state index in [4.69, 9.17) is 21.8 Å². The number of halogens is 1. The predicted molar refractivity (Wildman–Crippen MR) is 132 cm³/mol. The smallest absolute Gasteiger partial charge is 0.330 e. The Morgan fingerprint density at radius 3 is 2.69 bits per heavy atom. The molecule has 1 saturated heterocycles. The Balaban J connectivity index is 1.72. The number of hydrogen-bond acceptors (Lipinski definition) is 6. The molecule has 1 fully saturated rings. The maximum Gasteiger partial charge on any atom is 0.330 e. The number of amides is 2. The van der Waals surface area contributed by atoms with E-state index in [9.17, 15) is 19.2 Å². The molecule has 1 aromatic carbocycles. The van der Waals surface area contributed by atoms with Crippen molar-refractivity contribution in [2.24, 2.45) is 5.92 Å². The molecule has 184 valence electrons. The highest BCUT2D eigenvalue weighted by molar-refractivity contribution is 6.34. The number of carbonyl (C=O) groups excluding carboxylic acids is 2. The Kier molecular flexibility index (Phi) is 7.11. The molecule has 2 amide bonds. The summed E-state index contributed by atoms with van der Waals surface area (Å²) in [5.41, 5.74) is 5.22. The third-order valence-electron chi connectivity index (χ3n) is 6.00. The van der Waals surface area contributed by atoms with Crippen LogP contribution in [0, 0.1) is 5.92 Å². The van der Waals surface area contributed by atoms with Gasteiger partial charge in [-0.3, -0.25) is 28.8 Å². The van der Waals surface area contributed by atoms with E-state index < -0.39 is 23.1 Å². The van der Waals surface area contributed by atoms with E-state index in [-0.39, 0.29) is 43.5 Å². The Bertz CT molecular complexity index is 1350. The highest BCUT2D eigenvalue weighted by Gasteiger charge is 2.39. The Morgan fingerprint density at radius 1 is 1.23 bits per heavy atom. The van der Waals surface area contributed by atoms with Gasteiger partial charge < -0.3 is 15.1 Å². The normalized spacial score (nSPS) is 15.5. The fourth-order valence-corrected chi connectivity index (χ4v) is 4.44. The molecule has 3 aromatic rings. The monoisotopic (exact) mass is 499 g/mol. The van der Waals surface area contributed by atoms with Crippen LogP contribution in [0.5, 0.6) is 0 Å². The predicted octanol–water partition coefficient (Wildman–Crippen LogP) is 2.75. The number of unbranched alkanes of at least 4 members (excludes halogenated alkanes) is 1. The molecule has 11 heteroatoms. The number of nitrogens with zero attached hydrogens (tertiary/aromatic N) is 3. The summed E-state index contributed by atoms with van der Waals surface area (Å²) in [6.07, 6.45) is 2.85. The number of hydrogen-bond donors (Lipinski definition) is 2. The van der Waals surface area contributed by atoms with Gasteiger partial charge in [0.05, 0.1) is 29.4 Å². The summed E-state index contributed by atoms with van der Waals surface area (Å²) in [5, 5.41) is 0.394. The minimum Gasteiger partial charge on any atom is -0.467 e. The molecule has 0 spiro atoms. The van der Waals surface area contributed by atoms with Gasteiger partial charge in [0.1, 0.15) is 11.6 Å². The standard InChI is InChI=1S/C24H26ClN5O5/c1-2-3-10-28-21(26)20(22(32)27-24(28)34)30(14-16-7-6-11-35-16)23(33)15-12-19(31)29(13-15)18-9-5-4-8-17(18)25/h4-9,11,15H,2-3,10,12-14,26H2,1H3,(H,27,32,34). The van der Waals surface area contributed by atoms with Crippen molar-refractivity contribution in [2.45, 2.75) is 39.3 Å². The van der Waals surface area contributed by atoms with Gasteiger partial charge in [-0.25, -0.2) is 4.79 Å². The third-order valence-corrected chi connectivity index (χ3v) is 6.32.